The number of hydrogen-bond donors (Lipinski definition) is 0. The molecule has 1 spiro atoms. The molecule has 0 bridgehead atoms. The van der Waals surface area contributed by atoms with Crippen LogP contribution in [0.5, 0.6) is 0 Å². The zero-order valence-electron chi connectivity index (χ0n) is 28.2. The molecule has 44 heavy (non-hydrogen) atoms. The Morgan fingerprint density at radius 3 is 1.32 bits per heavy atom. The van der Waals surface area contributed by atoms with Crippen molar-refractivity contribution in [2.24, 2.45) is 0 Å². The molecule has 0 atom stereocenters. The lowest BCUT2D eigenvalue weighted by molar-refractivity contribution is 0.605. The predicted octanol–water partition coefficient (Wildman–Crippen LogP) is 10.2. The van der Waals surface area contributed by atoms with Crippen molar-refractivity contribution >= 4 is 22.0 Å². The Balaban J connectivity index is 1.85. The fourth-order valence-corrected chi connectivity index (χ4v) is 10.0. The first kappa shape index (κ1) is 29.0. The summed E-state index contributed by atoms with van der Waals surface area (Å²) in [5.74, 6) is 0. The first-order chi connectivity index (χ1) is 20.6. The topological polar surface area (TPSA) is 34.1 Å². The summed E-state index contributed by atoms with van der Waals surface area (Å²) >= 11 is 0. The van der Waals surface area contributed by atoms with Crippen LogP contribution in [0, 0.1) is 83.1 Å². The minimum absolute atomic E-state index is 0.411. The molecule has 0 fully saturated rings. The van der Waals surface area contributed by atoms with Crippen LogP contribution < -0.4 is 0 Å². The van der Waals surface area contributed by atoms with E-state index in [0.717, 1.165) is 11.1 Å². The molecule has 3 aliphatic rings. The third-order valence-electron chi connectivity index (χ3n) is 12.2. The highest BCUT2D eigenvalue weighted by Gasteiger charge is 2.49. The van der Waals surface area contributed by atoms with Gasteiger partial charge in [0.25, 0.3) is 0 Å². The quantitative estimate of drug-likeness (QED) is 0.202. The molecular weight excluding hydrogens is 557 g/mol. The molecule has 0 N–H and O–H groups in total. The van der Waals surface area contributed by atoms with Crippen molar-refractivity contribution in [2.45, 2.75) is 93.4 Å². The van der Waals surface area contributed by atoms with Crippen LogP contribution in [-0.4, -0.2) is 8.42 Å². The molecule has 4 aromatic carbocycles. The average Bonchev–Trinajstić information content (AvgIpc) is 3.49. The van der Waals surface area contributed by atoms with E-state index in [0.29, 0.717) is 4.90 Å². The van der Waals surface area contributed by atoms with Crippen LogP contribution in [0.4, 0.5) is 0 Å². The van der Waals surface area contributed by atoms with Crippen molar-refractivity contribution in [1.82, 2.24) is 0 Å². The molecule has 224 valence electrons. The zero-order valence-corrected chi connectivity index (χ0v) is 29.0. The number of allylic oxidation sites excluding steroid dienone is 1. The van der Waals surface area contributed by atoms with Gasteiger partial charge in [0.2, 0.25) is 0 Å². The molecule has 2 nitrogen and oxygen atoms in total. The third-order valence-corrected chi connectivity index (χ3v) is 13.7. The highest BCUT2D eigenvalue weighted by Crippen LogP contribution is 2.62. The fourth-order valence-electron chi connectivity index (χ4n) is 8.82. The Morgan fingerprint density at radius 2 is 0.864 bits per heavy atom. The summed E-state index contributed by atoms with van der Waals surface area (Å²) < 4.78 is 26.0. The van der Waals surface area contributed by atoms with E-state index < -0.39 is 15.3 Å². The van der Waals surface area contributed by atoms with Gasteiger partial charge in [0.05, 0.1) is 10.3 Å². The molecule has 0 unspecified atom stereocenters. The van der Waals surface area contributed by atoms with E-state index in [4.69, 9.17) is 0 Å². The van der Waals surface area contributed by atoms with E-state index >= 15 is 0 Å². The van der Waals surface area contributed by atoms with Gasteiger partial charge in [0, 0.05) is 11.0 Å². The number of rotatable bonds is 0. The molecule has 0 aromatic heterocycles. The van der Waals surface area contributed by atoms with E-state index in [1.54, 1.807) is 6.08 Å². The molecule has 4 aromatic rings. The Morgan fingerprint density at radius 1 is 0.455 bits per heavy atom. The van der Waals surface area contributed by atoms with Gasteiger partial charge in [0.1, 0.15) is 0 Å². The predicted molar refractivity (Wildman–Crippen MR) is 186 cm³/mol. The number of hydrogen-bond acceptors (Lipinski definition) is 2. The molecule has 7 rings (SSSR count). The van der Waals surface area contributed by atoms with Gasteiger partial charge in [-0.1, -0.05) is 18.2 Å². The van der Waals surface area contributed by atoms with E-state index in [-0.39, 0.29) is 0 Å². The lowest BCUT2D eigenvalue weighted by Crippen LogP contribution is -2.30. The second kappa shape index (κ2) is 8.95. The molecule has 0 amide bonds. The largest absolute Gasteiger partial charge is 0.219 e. The summed E-state index contributed by atoms with van der Waals surface area (Å²) in [6, 6.07) is 3.97. The maximum absolute atomic E-state index is 13.0. The summed E-state index contributed by atoms with van der Waals surface area (Å²) in [4.78, 5) is 0.411. The summed E-state index contributed by atoms with van der Waals surface area (Å²) in [7, 11) is -3.43. The summed E-state index contributed by atoms with van der Waals surface area (Å²) in [6.07, 6.45) is 6.43. The van der Waals surface area contributed by atoms with Crippen molar-refractivity contribution in [1.29, 1.82) is 0 Å². The molecule has 0 saturated heterocycles. The lowest BCUT2D eigenvalue weighted by atomic mass is 9.64. The van der Waals surface area contributed by atoms with Crippen LogP contribution in [0.3, 0.4) is 0 Å². The van der Waals surface area contributed by atoms with Crippen LogP contribution in [0.15, 0.2) is 28.5 Å². The smallest absolute Gasteiger partial charge is 0.200 e. The summed E-state index contributed by atoms with van der Waals surface area (Å²) in [5, 5.41) is 1.37. The normalized spacial score (nSPS) is 16.1. The maximum atomic E-state index is 13.0. The van der Waals surface area contributed by atoms with E-state index in [1.165, 1.54) is 111 Å². The average molecular weight is 599 g/mol. The van der Waals surface area contributed by atoms with Gasteiger partial charge < -0.3 is 0 Å². The van der Waals surface area contributed by atoms with Gasteiger partial charge in [0.15, 0.2) is 9.84 Å². The lowest BCUT2D eigenvalue weighted by Gasteiger charge is -2.38. The van der Waals surface area contributed by atoms with Crippen molar-refractivity contribution in [2.75, 3.05) is 0 Å². The highest BCUT2D eigenvalue weighted by molar-refractivity contribution is 7.94. The molecular formula is C41H42O2S. The van der Waals surface area contributed by atoms with Crippen LogP contribution >= 0.6 is 0 Å². The van der Waals surface area contributed by atoms with E-state index in [2.05, 4.69) is 101 Å². The molecule has 0 radical (unpaired) electrons. The Kier molecular flexibility index (Phi) is 5.90. The van der Waals surface area contributed by atoms with E-state index in [1.807, 2.05) is 6.07 Å². The highest BCUT2D eigenvalue weighted by atomic mass is 32.2. The molecule has 1 heterocycles. The Bertz CT molecular complexity index is 2130. The van der Waals surface area contributed by atoms with Crippen LogP contribution in [-0.2, 0) is 15.3 Å². The van der Waals surface area contributed by atoms with Gasteiger partial charge in [-0.15, -0.1) is 0 Å². The SMILES string of the molecule is Cc1c(C)c(C)c2c(c1C)-c1c(C)c(C)c(C)c(C)c1C1(C=Cc3c1ccc1c3C=CS1(=O)=O)c1c(C)c(C)c(C)c(C)c1-2. The van der Waals surface area contributed by atoms with E-state index in [9.17, 15) is 8.42 Å². The second-order valence-electron chi connectivity index (χ2n) is 13.7. The van der Waals surface area contributed by atoms with Crippen LogP contribution in [0.1, 0.15) is 94.6 Å². The summed E-state index contributed by atoms with van der Waals surface area (Å²) in [6.45, 7) is 27.5. The van der Waals surface area contributed by atoms with Gasteiger partial charge in [-0.25, -0.2) is 8.42 Å². The minimum Gasteiger partial charge on any atom is -0.219 e. The fraction of sp³-hybridized carbons (Fsp3) is 0.317. The minimum atomic E-state index is -3.43. The van der Waals surface area contributed by atoms with Crippen molar-refractivity contribution in [3.05, 3.63) is 118 Å². The Labute approximate surface area is 263 Å². The first-order valence-corrected chi connectivity index (χ1v) is 17.3. The van der Waals surface area contributed by atoms with Gasteiger partial charge in [-0.2, -0.15) is 0 Å². The number of benzene rings is 4. The van der Waals surface area contributed by atoms with Crippen LogP contribution in [0.25, 0.3) is 34.4 Å². The zero-order chi connectivity index (χ0) is 31.9. The van der Waals surface area contributed by atoms with Gasteiger partial charge in [-0.3, -0.25) is 0 Å². The third kappa shape index (κ3) is 3.19. The van der Waals surface area contributed by atoms with Crippen molar-refractivity contribution < 1.29 is 8.42 Å². The molecule has 2 aliphatic carbocycles. The number of sulfone groups is 1. The standard InChI is InChI=1S/C41H42O2S/c1-19-20(2)26(8)36-35(25(19)7)37-27(9)21(3)23(5)29(11)39(37)41(40-30(12)24(6)22(4)28(10)38(36)40)17-15-31-32-16-18-44(42,43)34(32)14-13-33(31)41/h13-18H,1-12H3. The van der Waals surface area contributed by atoms with Gasteiger partial charge in [-0.05, 0) is 206 Å². The summed E-state index contributed by atoms with van der Waals surface area (Å²) in [5.41, 5.74) is 26.5. The second-order valence-corrected chi connectivity index (χ2v) is 15.5. The van der Waals surface area contributed by atoms with Crippen LogP contribution in [0.2, 0.25) is 0 Å². The molecule has 3 heteroatoms. The monoisotopic (exact) mass is 598 g/mol. The maximum Gasteiger partial charge on any atom is 0.200 e. The van der Waals surface area contributed by atoms with Crippen molar-refractivity contribution in [3.8, 4) is 22.3 Å². The first-order valence-electron chi connectivity index (χ1n) is 15.7. The van der Waals surface area contributed by atoms with Gasteiger partial charge >= 0.3 is 0 Å². The molecule has 0 saturated carbocycles. The van der Waals surface area contributed by atoms with Crippen molar-refractivity contribution in [3.63, 3.8) is 0 Å². The Hall–Kier alpha value is -3.69. The molecule has 1 aliphatic heterocycles. The number of fused-ring (bicyclic) bond motifs is 11.